The van der Waals surface area contributed by atoms with Crippen LogP contribution in [0.1, 0.15) is 30.6 Å². The van der Waals surface area contributed by atoms with Gasteiger partial charge in [-0.15, -0.1) is 0 Å². The van der Waals surface area contributed by atoms with Crippen LogP contribution in [0.4, 0.5) is 5.69 Å². The van der Waals surface area contributed by atoms with Crippen LogP contribution in [0.15, 0.2) is 48.5 Å². The highest BCUT2D eigenvalue weighted by Crippen LogP contribution is 2.18. The summed E-state index contributed by atoms with van der Waals surface area (Å²) in [5, 5.41) is 5.95. The predicted molar refractivity (Wildman–Crippen MR) is 114 cm³/mol. The number of amides is 1. The molecular weight excluding hydrogens is 447 g/mol. The van der Waals surface area contributed by atoms with Crippen molar-refractivity contribution in [1.82, 2.24) is 5.32 Å². The van der Waals surface area contributed by atoms with Crippen LogP contribution < -0.4 is 15.4 Å². The van der Waals surface area contributed by atoms with E-state index in [1.165, 1.54) is 0 Å². The fraction of sp³-hybridized carbons (Fsp3) is 0.263. The molecule has 0 fully saturated rings. The minimum absolute atomic E-state index is 0.236. The number of nitrogens with one attached hydrogen (secondary N) is 2. The minimum Gasteiger partial charge on any atom is -0.494 e. The number of carbonyl (C=O) groups excluding carboxylic acids is 1. The summed E-state index contributed by atoms with van der Waals surface area (Å²) in [6, 6.07) is 14.9. The van der Waals surface area contributed by atoms with Crippen LogP contribution in [-0.4, -0.2) is 17.6 Å². The highest BCUT2D eigenvalue weighted by atomic mass is 127. The fourth-order valence-corrected chi connectivity index (χ4v) is 2.80. The van der Waals surface area contributed by atoms with Crippen LogP contribution in [0.25, 0.3) is 0 Å². The number of hydrogen-bond donors (Lipinski definition) is 2. The van der Waals surface area contributed by atoms with E-state index >= 15 is 0 Å². The lowest BCUT2D eigenvalue weighted by atomic mass is 10.1. The molecular formula is C19H21IN2O2S. The van der Waals surface area contributed by atoms with Gasteiger partial charge in [-0.05, 0) is 77.5 Å². The van der Waals surface area contributed by atoms with E-state index in [1.54, 1.807) is 6.07 Å². The van der Waals surface area contributed by atoms with Gasteiger partial charge in [0.05, 0.1) is 6.61 Å². The zero-order chi connectivity index (χ0) is 18.2. The molecule has 2 aromatic rings. The molecule has 1 amide bonds. The van der Waals surface area contributed by atoms with Gasteiger partial charge in [0.15, 0.2) is 5.11 Å². The number of benzene rings is 2. The molecule has 132 valence electrons. The first-order valence-electron chi connectivity index (χ1n) is 8.05. The topological polar surface area (TPSA) is 50.4 Å². The molecule has 0 aliphatic carbocycles. The molecule has 0 unspecified atom stereocenters. The molecule has 2 rings (SSSR count). The molecule has 0 aliphatic heterocycles. The molecule has 0 aromatic heterocycles. The summed E-state index contributed by atoms with van der Waals surface area (Å²) < 4.78 is 6.73. The normalized spacial score (nSPS) is 10.4. The molecule has 0 heterocycles. The summed E-state index contributed by atoms with van der Waals surface area (Å²) in [6.07, 6.45) is 1.00. The summed E-state index contributed by atoms with van der Waals surface area (Å²) in [4.78, 5) is 12.2. The molecule has 0 saturated carbocycles. The molecule has 4 nitrogen and oxygen atoms in total. The Kier molecular flexibility index (Phi) is 7.64. The summed E-state index contributed by atoms with van der Waals surface area (Å²) in [7, 11) is 0. The van der Waals surface area contributed by atoms with Gasteiger partial charge in [0.25, 0.3) is 5.91 Å². The van der Waals surface area contributed by atoms with Crippen molar-refractivity contribution in [2.24, 2.45) is 5.92 Å². The number of anilines is 1. The zero-order valence-corrected chi connectivity index (χ0v) is 17.2. The first-order valence-corrected chi connectivity index (χ1v) is 9.53. The lowest BCUT2D eigenvalue weighted by molar-refractivity contribution is 0.0977. The Morgan fingerprint density at radius 2 is 1.96 bits per heavy atom. The number of rotatable bonds is 6. The summed E-state index contributed by atoms with van der Waals surface area (Å²) in [6.45, 7) is 5.00. The van der Waals surface area contributed by atoms with Gasteiger partial charge in [0.1, 0.15) is 5.75 Å². The molecule has 0 spiro atoms. The lowest BCUT2D eigenvalue weighted by Gasteiger charge is -2.12. The lowest BCUT2D eigenvalue weighted by Crippen LogP contribution is -2.34. The highest BCUT2D eigenvalue weighted by molar-refractivity contribution is 14.1. The smallest absolute Gasteiger partial charge is 0.257 e. The Hall–Kier alpha value is -1.67. The monoisotopic (exact) mass is 468 g/mol. The van der Waals surface area contributed by atoms with Crippen LogP contribution in [0.3, 0.4) is 0 Å². The largest absolute Gasteiger partial charge is 0.494 e. The van der Waals surface area contributed by atoms with Gasteiger partial charge in [-0.3, -0.25) is 10.1 Å². The first kappa shape index (κ1) is 19.7. The van der Waals surface area contributed by atoms with Crippen molar-refractivity contribution in [3.05, 3.63) is 57.7 Å². The Bertz CT molecular complexity index is 750. The average molecular weight is 468 g/mol. The van der Waals surface area contributed by atoms with E-state index in [4.69, 9.17) is 17.0 Å². The minimum atomic E-state index is -0.236. The van der Waals surface area contributed by atoms with Crippen LogP contribution in [0.5, 0.6) is 5.75 Å². The van der Waals surface area contributed by atoms with E-state index in [0.717, 1.165) is 21.4 Å². The van der Waals surface area contributed by atoms with Crippen molar-refractivity contribution in [3.63, 3.8) is 0 Å². The molecule has 0 bridgehead atoms. The molecule has 25 heavy (non-hydrogen) atoms. The van der Waals surface area contributed by atoms with Gasteiger partial charge >= 0.3 is 0 Å². The third-order valence-electron chi connectivity index (χ3n) is 3.37. The van der Waals surface area contributed by atoms with Crippen molar-refractivity contribution in [2.75, 3.05) is 11.9 Å². The first-order chi connectivity index (χ1) is 11.9. The second kappa shape index (κ2) is 9.72. The maximum atomic E-state index is 12.2. The third-order valence-corrected chi connectivity index (χ3v) is 4.24. The fourth-order valence-electron chi connectivity index (χ4n) is 2.04. The third kappa shape index (κ3) is 6.99. The molecule has 0 radical (unpaired) electrons. The van der Waals surface area contributed by atoms with Crippen molar-refractivity contribution in [2.45, 2.75) is 20.3 Å². The van der Waals surface area contributed by atoms with E-state index in [-0.39, 0.29) is 11.0 Å². The maximum absolute atomic E-state index is 12.2. The molecule has 0 atom stereocenters. The number of hydrogen-bond acceptors (Lipinski definition) is 3. The van der Waals surface area contributed by atoms with E-state index in [9.17, 15) is 4.79 Å². The van der Waals surface area contributed by atoms with Crippen LogP contribution >= 0.6 is 34.8 Å². The Balaban J connectivity index is 1.90. The van der Waals surface area contributed by atoms with Crippen molar-refractivity contribution >= 4 is 51.5 Å². The molecule has 2 N–H and O–H groups in total. The number of thiocarbonyl (C=S) groups is 1. The maximum Gasteiger partial charge on any atom is 0.257 e. The zero-order valence-electron chi connectivity index (χ0n) is 14.2. The second-order valence-corrected chi connectivity index (χ2v) is 7.63. The molecule has 0 saturated heterocycles. The van der Waals surface area contributed by atoms with Crippen molar-refractivity contribution in [1.29, 1.82) is 0 Å². The van der Waals surface area contributed by atoms with E-state index < -0.39 is 0 Å². The van der Waals surface area contributed by atoms with Gasteiger partial charge in [0.2, 0.25) is 0 Å². The summed E-state index contributed by atoms with van der Waals surface area (Å²) in [5.41, 5.74) is 1.34. The SMILES string of the molecule is CC(C)CCOc1cccc(NC(=S)NC(=O)c2cccc(I)c2)c1. The van der Waals surface area contributed by atoms with Crippen LogP contribution in [0.2, 0.25) is 0 Å². The van der Waals surface area contributed by atoms with Gasteiger partial charge in [-0.1, -0.05) is 26.0 Å². The predicted octanol–water partition coefficient (Wildman–Crippen LogP) is 4.84. The van der Waals surface area contributed by atoms with Crippen molar-refractivity contribution < 1.29 is 9.53 Å². The average Bonchev–Trinajstić information content (AvgIpc) is 2.54. The Labute approximate surface area is 167 Å². The summed E-state index contributed by atoms with van der Waals surface area (Å²) >= 11 is 7.39. The second-order valence-electron chi connectivity index (χ2n) is 5.98. The molecule has 6 heteroatoms. The van der Waals surface area contributed by atoms with Crippen molar-refractivity contribution in [3.8, 4) is 5.75 Å². The Morgan fingerprint density at radius 3 is 2.68 bits per heavy atom. The van der Waals surface area contributed by atoms with E-state index in [1.807, 2.05) is 42.5 Å². The molecule has 0 aliphatic rings. The van der Waals surface area contributed by atoms with Crippen LogP contribution in [-0.2, 0) is 0 Å². The summed E-state index contributed by atoms with van der Waals surface area (Å²) in [5.74, 6) is 1.14. The molecule has 2 aromatic carbocycles. The number of carbonyl (C=O) groups is 1. The number of ether oxygens (including phenoxy) is 1. The van der Waals surface area contributed by atoms with E-state index in [0.29, 0.717) is 18.1 Å². The van der Waals surface area contributed by atoms with Gasteiger partial charge in [-0.2, -0.15) is 0 Å². The standard InChI is InChI=1S/C19H21IN2O2S/c1-13(2)9-10-24-17-8-4-7-16(12-17)21-19(25)22-18(23)14-5-3-6-15(20)11-14/h3-8,11-13H,9-10H2,1-2H3,(H2,21,22,23,25). The van der Waals surface area contributed by atoms with Gasteiger partial charge in [0, 0.05) is 20.9 Å². The Morgan fingerprint density at radius 1 is 1.20 bits per heavy atom. The quantitative estimate of drug-likeness (QED) is 0.471. The van der Waals surface area contributed by atoms with E-state index in [2.05, 4.69) is 47.1 Å². The highest BCUT2D eigenvalue weighted by Gasteiger charge is 2.08. The number of halogens is 1. The van der Waals surface area contributed by atoms with Gasteiger partial charge < -0.3 is 10.1 Å². The van der Waals surface area contributed by atoms with Gasteiger partial charge in [-0.25, -0.2) is 0 Å². The van der Waals surface area contributed by atoms with Crippen LogP contribution in [0, 0.1) is 9.49 Å².